The van der Waals surface area contributed by atoms with Gasteiger partial charge in [-0.05, 0) is 46.2 Å². The van der Waals surface area contributed by atoms with Crippen molar-refractivity contribution < 1.29 is 4.42 Å². The van der Waals surface area contributed by atoms with Gasteiger partial charge in [-0.15, -0.1) is 0 Å². The third-order valence-corrected chi connectivity index (χ3v) is 3.65. The SMILES string of the molecule is CCNC(c1cccc(Br)c1)c1occc1Br. The van der Waals surface area contributed by atoms with Crippen molar-refractivity contribution in [3.63, 3.8) is 0 Å². The molecule has 17 heavy (non-hydrogen) atoms. The molecular weight excluding hydrogens is 346 g/mol. The van der Waals surface area contributed by atoms with Gasteiger partial charge in [0.05, 0.1) is 16.8 Å². The highest BCUT2D eigenvalue weighted by Crippen LogP contribution is 2.30. The lowest BCUT2D eigenvalue weighted by Gasteiger charge is -2.17. The van der Waals surface area contributed by atoms with E-state index in [2.05, 4.69) is 56.2 Å². The predicted molar refractivity (Wildman–Crippen MR) is 76.1 cm³/mol. The molecule has 0 amide bonds. The van der Waals surface area contributed by atoms with Crippen LogP contribution in [0.2, 0.25) is 0 Å². The van der Waals surface area contributed by atoms with E-state index in [1.807, 2.05) is 18.2 Å². The maximum absolute atomic E-state index is 5.55. The number of hydrogen-bond acceptors (Lipinski definition) is 2. The zero-order valence-electron chi connectivity index (χ0n) is 9.41. The quantitative estimate of drug-likeness (QED) is 0.870. The smallest absolute Gasteiger partial charge is 0.139 e. The van der Waals surface area contributed by atoms with Gasteiger partial charge in [-0.1, -0.05) is 35.0 Å². The maximum atomic E-state index is 5.55. The van der Waals surface area contributed by atoms with Gasteiger partial charge in [0.2, 0.25) is 0 Å². The van der Waals surface area contributed by atoms with Gasteiger partial charge in [-0.3, -0.25) is 0 Å². The molecule has 1 aromatic heterocycles. The summed E-state index contributed by atoms with van der Waals surface area (Å²) in [5.41, 5.74) is 1.18. The van der Waals surface area contributed by atoms with Crippen molar-refractivity contribution in [2.24, 2.45) is 0 Å². The summed E-state index contributed by atoms with van der Waals surface area (Å²) in [6, 6.07) is 10.2. The molecule has 0 saturated carbocycles. The highest BCUT2D eigenvalue weighted by molar-refractivity contribution is 9.10. The Morgan fingerprint density at radius 2 is 2.12 bits per heavy atom. The molecule has 0 aliphatic carbocycles. The molecule has 0 aliphatic rings. The van der Waals surface area contributed by atoms with Gasteiger partial charge in [-0.25, -0.2) is 0 Å². The highest BCUT2D eigenvalue weighted by Gasteiger charge is 2.19. The van der Waals surface area contributed by atoms with Gasteiger partial charge >= 0.3 is 0 Å². The minimum Gasteiger partial charge on any atom is -0.466 e. The van der Waals surface area contributed by atoms with Gasteiger partial charge in [0.15, 0.2) is 0 Å². The van der Waals surface area contributed by atoms with Crippen LogP contribution in [0.25, 0.3) is 0 Å². The fraction of sp³-hybridized carbons (Fsp3) is 0.231. The Bertz CT molecular complexity index is 496. The van der Waals surface area contributed by atoms with Crippen LogP contribution in [-0.4, -0.2) is 6.54 Å². The third-order valence-electron chi connectivity index (χ3n) is 2.50. The summed E-state index contributed by atoms with van der Waals surface area (Å²) < 4.78 is 7.61. The van der Waals surface area contributed by atoms with E-state index in [1.165, 1.54) is 5.56 Å². The van der Waals surface area contributed by atoms with Gasteiger partial charge < -0.3 is 9.73 Å². The molecular formula is C13H13Br2NO. The molecule has 1 N–H and O–H groups in total. The Morgan fingerprint density at radius 3 is 2.71 bits per heavy atom. The largest absolute Gasteiger partial charge is 0.466 e. The molecule has 2 aromatic rings. The van der Waals surface area contributed by atoms with Crippen LogP contribution in [0.3, 0.4) is 0 Å². The van der Waals surface area contributed by atoms with Crippen molar-refractivity contribution >= 4 is 31.9 Å². The molecule has 2 rings (SSSR count). The van der Waals surface area contributed by atoms with Crippen LogP contribution >= 0.6 is 31.9 Å². The van der Waals surface area contributed by atoms with E-state index < -0.39 is 0 Å². The van der Waals surface area contributed by atoms with Crippen molar-refractivity contribution in [1.29, 1.82) is 0 Å². The molecule has 1 aromatic carbocycles. The van der Waals surface area contributed by atoms with Crippen LogP contribution in [0.5, 0.6) is 0 Å². The van der Waals surface area contributed by atoms with Gasteiger partial charge in [-0.2, -0.15) is 0 Å². The number of furan rings is 1. The van der Waals surface area contributed by atoms with Crippen molar-refractivity contribution in [2.45, 2.75) is 13.0 Å². The Balaban J connectivity index is 2.39. The monoisotopic (exact) mass is 357 g/mol. The Kier molecular flexibility index (Phi) is 4.42. The summed E-state index contributed by atoms with van der Waals surface area (Å²) >= 11 is 7.00. The Labute approximate surface area is 118 Å². The lowest BCUT2D eigenvalue weighted by molar-refractivity contribution is 0.450. The van der Waals surface area contributed by atoms with E-state index in [1.54, 1.807) is 6.26 Å². The van der Waals surface area contributed by atoms with Crippen LogP contribution in [0, 0.1) is 0 Å². The molecule has 1 atom stereocenters. The zero-order valence-corrected chi connectivity index (χ0v) is 12.6. The Morgan fingerprint density at radius 1 is 1.29 bits per heavy atom. The number of nitrogens with one attached hydrogen (secondary N) is 1. The fourth-order valence-electron chi connectivity index (χ4n) is 1.76. The van der Waals surface area contributed by atoms with E-state index >= 15 is 0 Å². The summed E-state index contributed by atoms with van der Waals surface area (Å²) in [7, 11) is 0. The van der Waals surface area contributed by atoms with Crippen molar-refractivity contribution in [3.05, 3.63) is 56.9 Å². The summed E-state index contributed by atoms with van der Waals surface area (Å²) in [4.78, 5) is 0. The summed E-state index contributed by atoms with van der Waals surface area (Å²) in [5.74, 6) is 0.907. The summed E-state index contributed by atoms with van der Waals surface area (Å²) in [6.07, 6.45) is 1.70. The first kappa shape index (κ1) is 12.9. The first-order chi connectivity index (χ1) is 8.22. The van der Waals surface area contributed by atoms with E-state index in [-0.39, 0.29) is 6.04 Å². The average molecular weight is 359 g/mol. The minimum absolute atomic E-state index is 0.0712. The minimum atomic E-state index is 0.0712. The molecule has 4 heteroatoms. The lowest BCUT2D eigenvalue weighted by Crippen LogP contribution is -2.21. The van der Waals surface area contributed by atoms with E-state index in [0.29, 0.717) is 0 Å². The van der Waals surface area contributed by atoms with Gasteiger partial charge in [0.1, 0.15) is 5.76 Å². The maximum Gasteiger partial charge on any atom is 0.139 e. The number of rotatable bonds is 4. The molecule has 0 bridgehead atoms. The Hall–Kier alpha value is -0.580. The third kappa shape index (κ3) is 3.00. The van der Waals surface area contributed by atoms with Gasteiger partial charge in [0, 0.05) is 4.47 Å². The predicted octanol–water partition coefficient (Wildman–Crippen LogP) is 4.50. The van der Waals surface area contributed by atoms with Crippen molar-refractivity contribution in [3.8, 4) is 0 Å². The first-order valence-corrected chi connectivity index (χ1v) is 7.02. The summed E-state index contributed by atoms with van der Waals surface area (Å²) in [5, 5.41) is 3.42. The lowest BCUT2D eigenvalue weighted by atomic mass is 10.0. The number of halogens is 2. The molecule has 0 spiro atoms. The van der Waals surface area contributed by atoms with Crippen LogP contribution in [0.1, 0.15) is 24.3 Å². The summed E-state index contributed by atoms with van der Waals surface area (Å²) in [6.45, 7) is 2.96. The van der Waals surface area contributed by atoms with Crippen LogP contribution < -0.4 is 5.32 Å². The molecule has 0 radical (unpaired) electrons. The van der Waals surface area contributed by atoms with Crippen LogP contribution in [-0.2, 0) is 0 Å². The first-order valence-electron chi connectivity index (χ1n) is 5.44. The second kappa shape index (κ2) is 5.85. The van der Waals surface area contributed by atoms with Crippen LogP contribution in [0.15, 0.2) is 50.0 Å². The second-order valence-electron chi connectivity index (χ2n) is 3.68. The van der Waals surface area contributed by atoms with E-state index in [0.717, 1.165) is 21.3 Å². The topological polar surface area (TPSA) is 25.2 Å². The molecule has 0 aliphatic heterocycles. The van der Waals surface area contributed by atoms with E-state index in [4.69, 9.17) is 4.42 Å². The van der Waals surface area contributed by atoms with E-state index in [9.17, 15) is 0 Å². The second-order valence-corrected chi connectivity index (χ2v) is 5.45. The molecule has 90 valence electrons. The molecule has 0 saturated heterocycles. The van der Waals surface area contributed by atoms with Crippen molar-refractivity contribution in [1.82, 2.24) is 5.32 Å². The average Bonchev–Trinajstić information content (AvgIpc) is 2.72. The molecule has 2 nitrogen and oxygen atoms in total. The van der Waals surface area contributed by atoms with Crippen LogP contribution in [0.4, 0.5) is 0 Å². The fourth-order valence-corrected chi connectivity index (χ4v) is 2.61. The number of hydrogen-bond donors (Lipinski definition) is 1. The molecule has 1 heterocycles. The molecule has 1 unspecified atom stereocenters. The normalized spacial score (nSPS) is 12.6. The standard InChI is InChI=1S/C13H13Br2NO/c1-2-16-12(13-11(15)6-7-17-13)9-4-3-5-10(14)8-9/h3-8,12,16H,2H2,1H3. The molecule has 0 fully saturated rings. The highest BCUT2D eigenvalue weighted by atomic mass is 79.9. The zero-order chi connectivity index (χ0) is 12.3. The van der Waals surface area contributed by atoms with Crippen molar-refractivity contribution in [2.75, 3.05) is 6.54 Å². The number of benzene rings is 1. The van der Waals surface area contributed by atoms with Gasteiger partial charge in [0.25, 0.3) is 0 Å².